The highest BCUT2D eigenvalue weighted by atomic mass is 16.5. The number of methoxy groups -OCH3 is 1. The molecule has 0 saturated carbocycles. The highest BCUT2D eigenvalue weighted by Gasteiger charge is 1.90. The van der Waals surface area contributed by atoms with Gasteiger partial charge in [-0.05, 0) is 33.6 Å². The molecule has 0 aromatic carbocycles. The summed E-state index contributed by atoms with van der Waals surface area (Å²) in [5, 5.41) is 0. The SMILES string of the molecule is C/C=C\C(C)=C/CC.C=CCC(C)OC. The van der Waals surface area contributed by atoms with Crippen LogP contribution >= 0.6 is 0 Å². The van der Waals surface area contributed by atoms with Crippen LogP contribution in [0, 0.1) is 0 Å². The average Bonchev–Trinajstić information content (AvgIpc) is 2.20. The summed E-state index contributed by atoms with van der Waals surface area (Å²) in [4.78, 5) is 0. The van der Waals surface area contributed by atoms with Crippen LogP contribution in [-0.4, -0.2) is 13.2 Å². The molecule has 0 N–H and O–H groups in total. The van der Waals surface area contributed by atoms with Crippen LogP contribution in [-0.2, 0) is 4.74 Å². The van der Waals surface area contributed by atoms with Crippen LogP contribution < -0.4 is 0 Å². The van der Waals surface area contributed by atoms with Crippen LogP contribution in [0.25, 0.3) is 0 Å². The summed E-state index contributed by atoms with van der Waals surface area (Å²) >= 11 is 0. The van der Waals surface area contributed by atoms with Crippen molar-refractivity contribution in [3.05, 3.63) is 36.5 Å². The van der Waals surface area contributed by atoms with Crippen LogP contribution in [0.15, 0.2) is 36.5 Å². The van der Waals surface area contributed by atoms with Crippen molar-refractivity contribution < 1.29 is 4.74 Å². The summed E-state index contributed by atoms with van der Waals surface area (Å²) in [5.41, 5.74) is 1.36. The lowest BCUT2D eigenvalue weighted by molar-refractivity contribution is 0.121. The van der Waals surface area contributed by atoms with Gasteiger partial charge >= 0.3 is 0 Å². The molecule has 0 amide bonds. The molecule has 0 radical (unpaired) electrons. The number of allylic oxidation sites excluding steroid dienone is 4. The smallest absolute Gasteiger partial charge is 0.0577 e. The van der Waals surface area contributed by atoms with Crippen molar-refractivity contribution in [1.29, 1.82) is 0 Å². The fraction of sp³-hybridized carbons (Fsp3) is 0.571. The Balaban J connectivity index is 0. The number of ether oxygens (including phenoxy) is 1. The first-order chi connectivity index (χ1) is 7.12. The maximum atomic E-state index is 4.92. The van der Waals surface area contributed by atoms with Gasteiger partial charge in [0.2, 0.25) is 0 Å². The van der Waals surface area contributed by atoms with E-state index in [1.165, 1.54) is 5.57 Å². The van der Waals surface area contributed by atoms with Crippen molar-refractivity contribution in [2.45, 2.75) is 46.6 Å². The molecule has 0 aliphatic rings. The summed E-state index contributed by atoms with van der Waals surface area (Å²) < 4.78 is 4.92. The second-order valence-corrected chi connectivity index (χ2v) is 3.43. The highest BCUT2D eigenvalue weighted by molar-refractivity contribution is 5.14. The normalized spacial score (nSPS) is 13.3. The van der Waals surface area contributed by atoms with E-state index in [1.54, 1.807) is 7.11 Å². The summed E-state index contributed by atoms with van der Waals surface area (Å²) in [7, 11) is 1.70. The molecule has 0 saturated heterocycles. The minimum atomic E-state index is 0.331. The van der Waals surface area contributed by atoms with E-state index in [4.69, 9.17) is 4.74 Å². The van der Waals surface area contributed by atoms with Gasteiger partial charge in [-0.25, -0.2) is 0 Å². The van der Waals surface area contributed by atoms with Crippen molar-refractivity contribution in [3.63, 3.8) is 0 Å². The van der Waals surface area contributed by atoms with E-state index < -0.39 is 0 Å². The second-order valence-electron chi connectivity index (χ2n) is 3.43. The quantitative estimate of drug-likeness (QED) is 0.479. The number of hydrogen-bond donors (Lipinski definition) is 0. The lowest BCUT2D eigenvalue weighted by atomic mass is 10.2. The monoisotopic (exact) mass is 210 g/mol. The van der Waals surface area contributed by atoms with Gasteiger partial charge in [0, 0.05) is 7.11 Å². The molecule has 0 heterocycles. The molecule has 0 bridgehead atoms. The molecule has 1 heteroatoms. The minimum absolute atomic E-state index is 0.331. The fourth-order valence-corrected chi connectivity index (χ4v) is 0.984. The molecule has 0 aliphatic heterocycles. The Morgan fingerprint density at radius 1 is 1.47 bits per heavy atom. The van der Waals surface area contributed by atoms with Crippen LogP contribution in [0.1, 0.15) is 40.5 Å². The molecule has 1 unspecified atom stereocenters. The number of hydrogen-bond acceptors (Lipinski definition) is 1. The van der Waals surface area contributed by atoms with Crippen LogP contribution in [0.4, 0.5) is 0 Å². The largest absolute Gasteiger partial charge is 0.381 e. The van der Waals surface area contributed by atoms with E-state index in [1.807, 2.05) is 19.9 Å². The maximum Gasteiger partial charge on any atom is 0.0577 e. The fourth-order valence-electron chi connectivity index (χ4n) is 0.984. The van der Waals surface area contributed by atoms with Crippen LogP contribution in [0.3, 0.4) is 0 Å². The Labute approximate surface area is 95.5 Å². The zero-order chi connectivity index (χ0) is 12.1. The molecular formula is C14H26O. The Bertz CT molecular complexity index is 190. The predicted octanol–water partition coefficient (Wildman–Crippen LogP) is 4.52. The van der Waals surface area contributed by atoms with Crippen molar-refractivity contribution in [3.8, 4) is 0 Å². The van der Waals surface area contributed by atoms with E-state index in [0.717, 1.165) is 12.8 Å². The van der Waals surface area contributed by atoms with Crippen molar-refractivity contribution >= 4 is 0 Å². The first-order valence-electron chi connectivity index (χ1n) is 5.55. The minimum Gasteiger partial charge on any atom is -0.381 e. The molecule has 15 heavy (non-hydrogen) atoms. The van der Waals surface area contributed by atoms with Crippen molar-refractivity contribution in [2.24, 2.45) is 0 Å². The Morgan fingerprint density at radius 2 is 2.07 bits per heavy atom. The Hall–Kier alpha value is -0.820. The first-order valence-corrected chi connectivity index (χ1v) is 5.55. The van der Waals surface area contributed by atoms with Gasteiger partial charge in [0.05, 0.1) is 6.10 Å². The average molecular weight is 210 g/mol. The summed E-state index contributed by atoms with van der Waals surface area (Å²) in [5.74, 6) is 0. The van der Waals surface area contributed by atoms with Gasteiger partial charge < -0.3 is 4.74 Å². The van der Waals surface area contributed by atoms with Gasteiger partial charge in [0.25, 0.3) is 0 Å². The van der Waals surface area contributed by atoms with Crippen molar-refractivity contribution in [2.75, 3.05) is 7.11 Å². The lowest BCUT2D eigenvalue weighted by Gasteiger charge is -2.02. The third kappa shape index (κ3) is 15.9. The van der Waals surface area contributed by atoms with E-state index >= 15 is 0 Å². The Kier molecular flexibility index (Phi) is 14.6. The maximum absolute atomic E-state index is 4.92. The van der Waals surface area contributed by atoms with Crippen LogP contribution in [0.2, 0.25) is 0 Å². The van der Waals surface area contributed by atoms with E-state index in [0.29, 0.717) is 6.10 Å². The van der Waals surface area contributed by atoms with E-state index in [2.05, 4.69) is 38.7 Å². The molecule has 1 atom stereocenters. The summed E-state index contributed by atoms with van der Waals surface area (Å²) in [6, 6.07) is 0. The third-order valence-electron chi connectivity index (χ3n) is 1.86. The summed E-state index contributed by atoms with van der Waals surface area (Å²) in [6.45, 7) is 11.9. The molecule has 1 nitrogen and oxygen atoms in total. The predicted molar refractivity (Wildman–Crippen MR) is 70.1 cm³/mol. The molecule has 0 rings (SSSR count). The lowest BCUT2D eigenvalue weighted by Crippen LogP contribution is -2.01. The van der Waals surface area contributed by atoms with Gasteiger partial charge in [-0.15, -0.1) is 6.58 Å². The first kappa shape index (κ1) is 16.6. The third-order valence-corrected chi connectivity index (χ3v) is 1.86. The standard InChI is InChI=1S/C8H14.C6H12O/c1-4-6-8(3)7-5-2;1-4-5-6(2)7-3/h4,6-7H,5H2,1-3H3;4,6H,1,5H2,2-3H3/b6-4-,8-7-;. The molecule has 0 aromatic heterocycles. The van der Waals surface area contributed by atoms with E-state index in [9.17, 15) is 0 Å². The molecule has 0 aromatic rings. The van der Waals surface area contributed by atoms with Gasteiger partial charge in [-0.1, -0.05) is 36.8 Å². The second kappa shape index (κ2) is 13.2. The molecule has 0 aliphatic carbocycles. The van der Waals surface area contributed by atoms with E-state index in [-0.39, 0.29) is 0 Å². The number of rotatable bonds is 5. The van der Waals surface area contributed by atoms with Crippen LogP contribution in [0.5, 0.6) is 0 Å². The topological polar surface area (TPSA) is 9.23 Å². The van der Waals surface area contributed by atoms with Gasteiger partial charge in [0.15, 0.2) is 0 Å². The molecule has 0 spiro atoms. The Morgan fingerprint density at radius 3 is 2.33 bits per heavy atom. The zero-order valence-corrected chi connectivity index (χ0v) is 10.9. The van der Waals surface area contributed by atoms with Gasteiger partial charge in [-0.3, -0.25) is 0 Å². The zero-order valence-electron chi connectivity index (χ0n) is 10.9. The molecule has 88 valence electrons. The molecule has 0 fully saturated rings. The highest BCUT2D eigenvalue weighted by Crippen LogP contribution is 1.95. The van der Waals surface area contributed by atoms with Gasteiger partial charge in [-0.2, -0.15) is 0 Å². The van der Waals surface area contributed by atoms with Crippen molar-refractivity contribution in [1.82, 2.24) is 0 Å². The summed E-state index contributed by atoms with van der Waals surface area (Å²) in [6.07, 6.45) is 10.6. The van der Waals surface area contributed by atoms with Gasteiger partial charge in [0.1, 0.15) is 0 Å². The molecular weight excluding hydrogens is 184 g/mol.